The Bertz CT molecular complexity index is 840. The topological polar surface area (TPSA) is 59.4 Å². The summed E-state index contributed by atoms with van der Waals surface area (Å²) in [6.45, 7) is 3.39. The molecule has 0 unspecified atom stereocenters. The molecule has 1 amide bonds. The first-order valence-corrected chi connectivity index (χ1v) is 9.78. The Morgan fingerprint density at radius 1 is 1.32 bits per heavy atom. The van der Waals surface area contributed by atoms with Gasteiger partial charge in [0.2, 0.25) is 5.91 Å². The molecule has 1 N–H and O–H groups in total. The van der Waals surface area contributed by atoms with E-state index >= 15 is 0 Å². The van der Waals surface area contributed by atoms with Crippen LogP contribution in [0, 0.1) is 5.82 Å². The van der Waals surface area contributed by atoms with Gasteiger partial charge < -0.3 is 10.1 Å². The molecule has 1 atom stereocenters. The molecular formula is C21H25FN4O2. The first-order valence-electron chi connectivity index (χ1n) is 9.78. The molecule has 1 aromatic heterocycles. The Morgan fingerprint density at radius 2 is 2.18 bits per heavy atom. The standard InChI is InChI=1S/C21H25FN4O2/c22-18-3-5-19(6-4-18)26-14-17(12-24-26)16-7-9-25(10-8-16)15-21(27)23-13-20-2-1-11-28-20/h3-7,12,14,20H,1-2,8-11,13,15H2,(H,23,27)/t20-/m0/s1. The van der Waals surface area contributed by atoms with Gasteiger partial charge in [-0.15, -0.1) is 0 Å². The third kappa shape index (κ3) is 4.66. The van der Waals surface area contributed by atoms with Crippen LogP contribution in [-0.2, 0) is 9.53 Å². The molecule has 2 aliphatic rings. The van der Waals surface area contributed by atoms with Crippen LogP contribution >= 0.6 is 0 Å². The Labute approximate surface area is 164 Å². The zero-order valence-electron chi connectivity index (χ0n) is 15.8. The number of amides is 1. The van der Waals surface area contributed by atoms with E-state index < -0.39 is 0 Å². The van der Waals surface area contributed by atoms with Crippen LogP contribution in [0.3, 0.4) is 0 Å². The third-order valence-corrected chi connectivity index (χ3v) is 5.26. The lowest BCUT2D eigenvalue weighted by Gasteiger charge is -2.25. The van der Waals surface area contributed by atoms with Crippen molar-refractivity contribution >= 4 is 11.5 Å². The number of nitrogens with zero attached hydrogens (tertiary/aromatic N) is 3. The van der Waals surface area contributed by atoms with Crippen LogP contribution < -0.4 is 5.32 Å². The summed E-state index contributed by atoms with van der Waals surface area (Å²) in [5.41, 5.74) is 3.12. The van der Waals surface area contributed by atoms with E-state index in [1.165, 1.54) is 17.7 Å². The molecule has 0 spiro atoms. The van der Waals surface area contributed by atoms with Crippen LogP contribution in [0.2, 0.25) is 0 Å². The highest BCUT2D eigenvalue weighted by atomic mass is 19.1. The van der Waals surface area contributed by atoms with E-state index in [2.05, 4.69) is 21.4 Å². The van der Waals surface area contributed by atoms with Crippen molar-refractivity contribution < 1.29 is 13.9 Å². The molecule has 0 saturated carbocycles. The van der Waals surface area contributed by atoms with Crippen molar-refractivity contribution in [3.63, 3.8) is 0 Å². The fourth-order valence-corrected chi connectivity index (χ4v) is 3.63. The second-order valence-corrected chi connectivity index (χ2v) is 7.30. The van der Waals surface area contributed by atoms with E-state index in [0.29, 0.717) is 13.1 Å². The number of hydrogen-bond donors (Lipinski definition) is 1. The molecule has 4 rings (SSSR count). The number of carbonyl (C=O) groups is 1. The second-order valence-electron chi connectivity index (χ2n) is 7.30. The van der Waals surface area contributed by atoms with Gasteiger partial charge in [-0.2, -0.15) is 5.10 Å². The van der Waals surface area contributed by atoms with Crippen molar-refractivity contribution in [2.75, 3.05) is 32.8 Å². The van der Waals surface area contributed by atoms with Crippen LogP contribution in [0.5, 0.6) is 0 Å². The van der Waals surface area contributed by atoms with E-state index in [9.17, 15) is 9.18 Å². The summed E-state index contributed by atoms with van der Waals surface area (Å²) < 4.78 is 20.4. The van der Waals surface area contributed by atoms with Crippen LogP contribution in [-0.4, -0.2) is 59.5 Å². The van der Waals surface area contributed by atoms with E-state index in [1.807, 2.05) is 12.4 Å². The molecule has 1 aromatic carbocycles. The number of aromatic nitrogens is 2. The van der Waals surface area contributed by atoms with Gasteiger partial charge in [0, 0.05) is 38.0 Å². The minimum Gasteiger partial charge on any atom is -0.376 e. The molecule has 1 fully saturated rings. The summed E-state index contributed by atoms with van der Waals surface area (Å²) in [6.07, 6.45) is 9.10. The highest BCUT2D eigenvalue weighted by molar-refractivity contribution is 5.78. The van der Waals surface area contributed by atoms with Gasteiger partial charge >= 0.3 is 0 Å². The number of rotatable bonds is 6. The van der Waals surface area contributed by atoms with Crippen molar-refractivity contribution in [2.45, 2.75) is 25.4 Å². The third-order valence-electron chi connectivity index (χ3n) is 5.26. The lowest BCUT2D eigenvalue weighted by molar-refractivity contribution is -0.122. The fourth-order valence-electron chi connectivity index (χ4n) is 3.63. The zero-order valence-corrected chi connectivity index (χ0v) is 15.8. The summed E-state index contributed by atoms with van der Waals surface area (Å²) in [6, 6.07) is 6.27. The molecule has 1 saturated heterocycles. The average molecular weight is 384 g/mol. The first-order chi connectivity index (χ1) is 13.7. The monoisotopic (exact) mass is 384 g/mol. The lowest BCUT2D eigenvalue weighted by atomic mass is 10.0. The normalized spacial score (nSPS) is 20.2. The molecule has 28 heavy (non-hydrogen) atoms. The average Bonchev–Trinajstić information content (AvgIpc) is 3.40. The highest BCUT2D eigenvalue weighted by Gasteiger charge is 2.19. The van der Waals surface area contributed by atoms with E-state index in [0.717, 1.165) is 50.2 Å². The number of benzene rings is 1. The van der Waals surface area contributed by atoms with Crippen LogP contribution in [0.1, 0.15) is 24.8 Å². The number of nitrogens with one attached hydrogen (secondary N) is 1. The lowest BCUT2D eigenvalue weighted by Crippen LogP contribution is -2.41. The van der Waals surface area contributed by atoms with Gasteiger partial charge in [-0.3, -0.25) is 9.69 Å². The van der Waals surface area contributed by atoms with Gasteiger partial charge in [0.05, 0.1) is 24.5 Å². The molecule has 0 radical (unpaired) electrons. The van der Waals surface area contributed by atoms with Gasteiger partial charge in [-0.05, 0) is 49.1 Å². The number of halogens is 1. The smallest absolute Gasteiger partial charge is 0.234 e. The zero-order chi connectivity index (χ0) is 19.3. The summed E-state index contributed by atoms with van der Waals surface area (Å²) >= 11 is 0. The minimum atomic E-state index is -0.258. The summed E-state index contributed by atoms with van der Waals surface area (Å²) in [7, 11) is 0. The van der Waals surface area contributed by atoms with Crippen molar-refractivity contribution in [1.29, 1.82) is 0 Å². The maximum absolute atomic E-state index is 13.1. The van der Waals surface area contributed by atoms with Crippen LogP contribution in [0.15, 0.2) is 42.7 Å². The van der Waals surface area contributed by atoms with Crippen molar-refractivity contribution in [1.82, 2.24) is 20.0 Å². The second kappa shape index (κ2) is 8.67. The summed E-state index contributed by atoms with van der Waals surface area (Å²) in [5, 5.41) is 7.36. The molecule has 7 heteroatoms. The quantitative estimate of drug-likeness (QED) is 0.831. The number of carbonyl (C=O) groups excluding carboxylic acids is 1. The Morgan fingerprint density at radius 3 is 2.89 bits per heavy atom. The van der Waals surface area contributed by atoms with Gasteiger partial charge in [0.1, 0.15) is 5.82 Å². The minimum absolute atomic E-state index is 0.0523. The maximum Gasteiger partial charge on any atom is 0.234 e. The molecule has 148 valence electrons. The molecule has 6 nitrogen and oxygen atoms in total. The molecule has 2 aromatic rings. The Balaban J connectivity index is 1.29. The SMILES string of the molecule is O=C(CN1CC=C(c2cnn(-c3ccc(F)cc3)c2)CC1)NC[C@@H]1CCCO1. The molecule has 0 aliphatic carbocycles. The van der Waals surface area contributed by atoms with Gasteiger partial charge in [-0.25, -0.2) is 9.07 Å². The van der Waals surface area contributed by atoms with Crippen molar-refractivity contribution in [3.05, 3.63) is 54.1 Å². The number of ether oxygens (including phenoxy) is 1. The van der Waals surface area contributed by atoms with Gasteiger partial charge in [-0.1, -0.05) is 6.08 Å². The maximum atomic E-state index is 13.1. The number of hydrogen-bond acceptors (Lipinski definition) is 4. The molecular weight excluding hydrogens is 359 g/mol. The van der Waals surface area contributed by atoms with Crippen LogP contribution in [0.4, 0.5) is 4.39 Å². The van der Waals surface area contributed by atoms with E-state index in [-0.39, 0.29) is 17.8 Å². The predicted molar refractivity (Wildman–Crippen MR) is 105 cm³/mol. The Hall–Kier alpha value is -2.51. The molecule has 2 aliphatic heterocycles. The van der Waals surface area contributed by atoms with Gasteiger partial charge in [0.15, 0.2) is 0 Å². The predicted octanol–water partition coefficient (Wildman–Crippen LogP) is 2.40. The van der Waals surface area contributed by atoms with Crippen molar-refractivity contribution in [3.8, 4) is 5.69 Å². The first kappa shape index (κ1) is 18.8. The molecule has 3 heterocycles. The highest BCUT2D eigenvalue weighted by Crippen LogP contribution is 2.23. The Kier molecular flexibility index (Phi) is 5.83. The van der Waals surface area contributed by atoms with Crippen molar-refractivity contribution in [2.24, 2.45) is 0 Å². The largest absolute Gasteiger partial charge is 0.376 e. The summed E-state index contributed by atoms with van der Waals surface area (Å²) in [4.78, 5) is 14.3. The van der Waals surface area contributed by atoms with E-state index in [4.69, 9.17) is 4.74 Å². The van der Waals surface area contributed by atoms with Crippen LogP contribution in [0.25, 0.3) is 11.3 Å². The fraction of sp³-hybridized carbons (Fsp3) is 0.429. The van der Waals surface area contributed by atoms with Gasteiger partial charge in [0.25, 0.3) is 0 Å². The summed E-state index contributed by atoms with van der Waals surface area (Å²) in [5.74, 6) is -0.206. The molecule has 0 bridgehead atoms. The van der Waals surface area contributed by atoms with E-state index in [1.54, 1.807) is 16.8 Å².